The highest BCUT2D eigenvalue weighted by atomic mass is 16.6. The number of amides is 2. The smallest absolute Gasteiger partial charge is 0.413 e. The van der Waals surface area contributed by atoms with E-state index in [0.717, 1.165) is 12.7 Å². The Morgan fingerprint density at radius 2 is 1.86 bits per heavy atom. The van der Waals surface area contributed by atoms with Crippen molar-refractivity contribution in [3.8, 4) is 5.75 Å². The molecule has 0 aromatic heterocycles. The Balaban J connectivity index is 2.46. The Bertz CT molecular complexity index is 543. The molecule has 1 rings (SSSR count). The molecule has 2 amide bonds. The fourth-order valence-corrected chi connectivity index (χ4v) is 1.71. The van der Waals surface area contributed by atoms with Crippen molar-refractivity contribution < 1.29 is 28.6 Å². The maximum absolute atomic E-state index is 11.7. The Kier molecular flexibility index (Phi) is 6.88. The van der Waals surface area contributed by atoms with Gasteiger partial charge in [-0.2, -0.15) is 0 Å². The summed E-state index contributed by atoms with van der Waals surface area (Å²) in [5, 5.41) is 1.93. The van der Waals surface area contributed by atoms with Gasteiger partial charge >= 0.3 is 12.1 Å². The third kappa shape index (κ3) is 5.43. The Morgan fingerprint density at radius 1 is 1.18 bits per heavy atom. The van der Waals surface area contributed by atoms with Crippen LogP contribution in [0.2, 0.25) is 0 Å². The lowest BCUT2D eigenvalue weighted by atomic mass is 10.1. The molecule has 0 aliphatic rings. The number of esters is 1. The summed E-state index contributed by atoms with van der Waals surface area (Å²) in [6, 6.07) is 7.32. The lowest BCUT2D eigenvalue weighted by molar-refractivity contribution is -0.154. The zero-order chi connectivity index (χ0) is 16.5. The van der Waals surface area contributed by atoms with Crippen molar-refractivity contribution in [2.45, 2.75) is 25.9 Å². The molecular formula is C15H19NO6. The molecule has 7 nitrogen and oxygen atoms in total. The van der Waals surface area contributed by atoms with Crippen LogP contribution in [0.1, 0.15) is 18.9 Å². The van der Waals surface area contributed by atoms with Crippen LogP contribution in [0, 0.1) is 0 Å². The number of ether oxygens (including phenoxy) is 3. The van der Waals surface area contributed by atoms with Gasteiger partial charge in [-0.25, -0.2) is 4.79 Å². The molecule has 0 fully saturated rings. The molecule has 1 aromatic carbocycles. The summed E-state index contributed by atoms with van der Waals surface area (Å²) in [6.45, 7) is 1.37. The van der Waals surface area contributed by atoms with Gasteiger partial charge in [0, 0.05) is 6.42 Å². The molecule has 0 heterocycles. The molecule has 0 saturated carbocycles. The maximum Gasteiger partial charge on any atom is 0.413 e. The third-order valence-electron chi connectivity index (χ3n) is 2.88. The third-order valence-corrected chi connectivity index (χ3v) is 2.88. The predicted molar refractivity (Wildman–Crippen MR) is 77.4 cm³/mol. The first-order chi connectivity index (χ1) is 10.5. The van der Waals surface area contributed by atoms with E-state index in [4.69, 9.17) is 9.47 Å². The Labute approximate surface area is 128 Å². The first-order valence-electron chi connectivity index (χ1n) is 6.68. The normalized spacial score (nSPS) is 11.2. The van der Waals surface area contributed by atoms with Crippen LogP contribution in [-0.4, -0.2) is 38.3 Å². The summed E-state index contributed by atoms with van der Waals surface area (Å²) in [5.41, 5.74) is 0.869. The van der Waals surface area contributed by atoms with Crippen molar-refractivity contribution in [3.05, 3.63) is 29.8 Å². The van der Waals surface area contributed by atoms with Crippen molar-refractivity contribution in [3.63, 3.8) is 0 Å². The van der Waals surface area contributed by atoms with Crippen LogP contribution in [0.25, 0.3) is 0 Å². The van der Waals surface area contributed by atoms with Gasteiger partial charge in [0.2, 0.25) is 0 Å². The predicted octanol–water partition coefficient (Wildman–Crippen LogP) is 1.44. The minimum Gasteiger partial charge on any atom is -0.496 e. The summed E-state index contributed by atoms with van der Waals surface area (Å²) in [4.78, 5) is 34.1. The molecule has 0 aliphatic carbocycles. The molecule has 0 saturated heterocycles. The number of carbonyl (C=O) groups excluding carboxylic acids is 3. The monoisotopic (exact) mass is 309 g/mol. The fraction of sp³-hybridized carbons (Fsp3) is 0.400. The van der Waals surface area contributed by atoms with Crippen LogP contribution in [-0.2, 0) is 25.5 Å². The summed E-state index contributed by atoms with van der Waals surface area (Å²) in [6.07, 6.45) is -1.46. The van der Waals surface area contributed by atoms with E-state index in [1.807, 2.05) is 23.5 Å². The first-order valence-corrected chi connectivity index (χ1v) is 6.68. The average molecular weight is 309 g/mol. The van der Waals surface area contributed by atoms with Crippen molar-refractivity contribution in [1.29, 1.82) is 0 Å². The van der Waals surface area contributed by atoms with Gasteiger partial charge in [0.15, 0.2) is 6.10 Å². The van der Waals surface area contributed by atoms with Gasteiger partial charge in [-0.05, 0) is 25.0 Å². The number of methoxy groups -OCH3 is 2. The van der Waals surface area contributed by atoms with Crippen molar-refractivity contribution in [1.82, 2.24) is 5.32 Å². The summed E-state index contributed by atoms with van der Waals surface area (Å²) in [7, 11) is 2.68. The van der Waals surface area contributed by atoms with Crippen molar-refractivity contribution in [2.75, 3.05) is 14.2 Å². The van der Waals surface area contributed by atoms with Gasteiger partial charge in [0.05, 0.1) is 14.2 Å². The standard InChI is InChI=1S/C15H19NO6/c1-10(14(18)16-15(19)21-3)22-13(17)9-8-11-6-4-5-7-12(11)20-2/h4-7,10H,8-9H2,1-3H3,(H,16,18,19)/t10-/m1/s1. The van der Waals surface area contributed by atoms with Crippen LogP contribution in [0.4, 0.5) is 4.79 Å². The van der Waals surface area contributed by atoms with E-state index in [1.165, 1.54) is 6.92 Å². The quantitative estimate of drug-likeness (QED) is 0.800. The molecular weight excluding hydrogens is 290 g/mol. The molecule has 1 N–H and O–H groups in total. The zero-order valence-corrected chi connectivity index (χ0v) is 12.8. The SMILES string of the molecule is COC(=O)NC(=O)[C@@H](C)OC(=O)CCc1ccccc1OC. The van der Waals surface area contributed by atoms with E-state index < -0.39 is 24.1 Å². The number of benzene rings is 1. The van der Waals surface area contributed by atoms with Crippen LogP contribution < -0.4 is 10.1 Å². The number of hydrogen-bond donors (Lipinski definition) is 1. The van der Waals surface area contributed by atoms with Crippen LogP contribution in [0.5, 0.6) is 5.75 Å². The van der Waals surface area contributed by atoms with E-state index in [1.54, 1.807) is 13.2 Å². The highest BCUT2D eigenvalue weighted by molar-refractivity contribution is 5.94. The lowest BCUT2D eigenvalue weighted by Gasteiger charge is -2.13. The number of hydrogen-bond acceptors (Lipinski definition) is 6. The number of rotatable bonds is 6. The topological polar surface area (TPSA) is 90.9 Å². The maximum atomic E-state index is 11.7. The molecule has 0 unspecified atom stereocenters. The van der Waals surface area contributed by atoms with Gasteiger partial charge in [-0.3, -0.25) is 14.9 Å². The molecule has 1 atom stereocenters. The van der Waals surface area contributed by atoms with E-state index >= 15 is 0 Å². The van der Waals surface area contributed by atoms with Crippen molar-refractivity contribution in [2.24, 2.45) is 0 Å². The van der Waals surface area contributed by atoms with Crippen molar-refractivity contribution >= 4 is 18.0 Å². The molecule has 7 heteroatoms. The van der Waals surface area contributed by atoms with Gasteiger partial charge < -0.3 is 14.2 Å². The largest absolute Gasteiger partial charge is 0.496 e. The lowest BCUT2D eigenvalue weighted by Crippen LogP contribution is -2.39. The number of nitrogens with one attached hydrogen (secondary N) is 1. The van der Waals surface area contributed by atoms with Gasteiger partial charge in [-0.1, -0.05) is 18.2 Å². The fourth-order valence-electron chi connectivity index (χ4n) is 1.71. The van der Waals surface area contributed by atoms with E-state index in [2.05, 4.69) is 4.74 Å². The molecule has 0 aliphatic heterocycles. The molecule has 120 valence electrons. The van der Waals surface area contributed by atoms with Gasteiger partial charge in [-0.15, -0.1) is 0 Å². The number of aryl methyl sites for hydroxylation is 1. The summed E-state index contributed by atoms with van der Waals surface area (Å²) >= 11 is 0. The van der Waals surface area contributed by atoms with E-state index in [-0.39, 0.29) is 6.42 Å². The van der Waals surface area contributed by atoms with Gasteiger partial charge in [0.1, 0.15) is 5.75 Å². The highest BCUT2D eigenvalue weighted by Crippen LogP contribution is 2.19. The second-order valence-corrected chi connectivity index (χ2v) is 4.42. The number of alkyl carbamates (subject to hydrolysis) is 1. The van der Waals surface area contributed by atoms with Crippen LogP contribution >= 0.6 is 0 Å². The van der Waals surface area contributed by atoms with Crippen LogP contribution in [0.15, 0.2) is 24.3 Å². The summed E-state index contributed by atoms with van der Waals surface area (Å²) < 4.78 is 14.4. The molecule has 22 heavy (non-hydrogen) atoms. The minimum atomic E-state index is -1.08. The number of imide groups is 1. The van der Waals surface area contributed by atoms with E-state index in [9.17, 15) is 14.4 Å². The summed E-state index contributed by atoms with van der Waals surface area (Å²) in [5.74, 6) is -0.595. The van der Waals surface area contributed by atoms with Gasteiger partial charge in [0.25, 0.3) is 5.91 Å². The first kappa shape index (κ1) is 17.5. The average Bonchev–Trinajstić information content (AvgIpc) is 2.52. The number of carbonyl (C=O) groups is 3. The molecule has 0 radical (unpaired) electrons. The van der Waals surface area contributed by atoms with E-state index in [0.29, 0.717) is 12.2 Å². The Hall–Kier alpha value is -2.57. The molecule has 0 spiro atoms. The Morgan fingerprint density at radius 3 is 2.50 bits per heavy atom. The molecule has 0 bridgehead atoms. The second-order valence-electron chi connectivity index (χ2n) is 4.42. The second kappa shape index (κ2) is 8.66. The van der Waals surface area contributed by atoms with Crippen LogP contribution in [0.3, 0.4) is 0 Å². The number of para-hydroxylation sites is 1. The minimum absolute atomic E-state index is 0.0935. The highest BCUT2D eigenvalue weighted by Gasteiger charge is 2.20. The molecule has 1 aromatic rings. The zero-order valence-electron chi connectivity index (χ0n) is 12.8.